The van der Waals surface area contributed by atoms with Crippen molar-refractivity contribution in [1.29, 1.82) is 0 Å². The van der Waals surface area contributed by atoms with Crippen LogP contribution in [-0.2, 0) is 4.79 Å². The fourth-order valence-corrected chi connectivity index (χ4v) is 5.66. The summed E-state index contributed by atoms with van der Waals surface area (Å²) in [7, 11) is 0. The van der Waals surface area contributed by atoms with Crippen LogP contribution in [0.4, 0.5) is 0 Å². The molecular weight excluding hydrogens is 340 g/mol. The highest BCUT2D eigenvalue weighted by Crippen LogP contribution is 2.31. The summed E-state index contributed by atoms with van der Waals surface area (Å²) in [4.78, 5) is 11.4. The highest BCUT2D eigenvalue weighted by atomic mass is 32.2. The summed E-state index contributed by atoms with van der Waals surface area (Å²) in [5, 5.41) is 8.79. The van der Waals surface area contributed by atoms with Crippen LogP contribution in [0.1, 0.15) is 39.5 Å². The molecule has 0 saturated heterocycles. The van der Waals surface area contributed by atoms with E-state index in [4.69, 9.17) is 0 Å². The maximum atomic E-state index is 11.4. The minimum Gasteiger partial charge on any atom is -0.282 e. The van der Waals surface area contributed by atoms with Crippen molar-refractivity contribution in [2.75, 3.05) is 11.5 Å². The molecule has 1 aromatic heterocycles. The fourth-order valence-electron chi connectivity index (χ4n) is 1.44. The predicted molar refractivity (Wildman–Crippen MR) is 97.8 cm³/mol. The number of unbranched alkanes of at least 4 members (excludes halogenated alkanes) is 2. The third-order valence-corrected chi connectivity index (χ3v) is 7.54. The summed E-state index contributed by atoms with van der Waals surface area (Å²) in [5.41, 5.74) is 0. The smallest absolute Gasteiger partial charge is 0.211 e. The second-order valence-corrected chi connectivity index (χ2v) is 9.26. The van der Waals surface area contributed by atoms with Gasteiger partial charge in [0.2, 0.25) is 5.12 Å². The second kappa shape index (κ2) is 11.6. The third-order valence-electron chi connectivity index (χ3n) is 2.66. The third kappa shape index (κ3) is 8.28. The molecule has 21 heavy (non-hydrogen) atoms. The number of rotatable bonds is 11. The van der Waals surface area contributed by atoms with Crippen molar-refractivity contribution >= 4 is 51.7 Å². The molecule has 3 nitrogen and oxygen atoms in total. The molecule has 0 radical (unpaired) electrons. The van der Waals surface area contributed by atoms with Crippen molar-refractivity contribution in [1.82, 2.24) is 10.2 Å². The molecule has 1 aromatic rings. The van der Waals surface area contributed by atoms with Gasteiger partial charge in [0.1, 0.15) is 0 Å². The molecule has 0 saturated carbocycles. The quantitative estimate of drug-likeness (QED) is 0.308. The Hall–Kier alpha value is 0.0200. The van der Waals surface area contributed by atoms with Gasteiger partial charge in [-0.05, 0) is 18.9 Å². The van der Waals surface area contributed by atoms with Crippen LogP contribution in [0.3, 0.4) is 0 Å². The molecule has 0 spiro atoms. The predicted octanol–water partition coefficient (Wildman–Crippen LogP) is 5.14. The molecule has 0 N–H and O–H groups in total. The summed E-state index contributed by atoms with van der Waals surface area (Å²) in [6.45, 7) is 7.82. The zero-order chi connectivity index (χ0) is 15.5. The van der Waals surface area contributed by atoms with Crippen molar-refractivity contribution in [3.05, 3.63) is 12.7 Å². The van der Waals surface area contributed by atoms with E-state index in [1.165, 1.54) is 37.1 Å². The van der Waals surface area contributed by atoms with Crippen molar-refractivity contribution in [3.8, 4) is 0 Å². The highest BCUT2D eigenvalue weighted by Gasteiger charge is 2.13. The molecular formula is C14H22N2OS4. The van der Waals surface area contributed by atoms with Gasteiger partial charge in [0.05, 0.1) is 0 Å². The second-order valence-electron chi connectivity index (χ2n) is 4.37. The van der Waals surface area contributed by atoms with Crippen LogP contribution in [0.25, 0.3) is 0 Å². The van der Waals surface area contributed by atoms with E-state index in [0.717, 1.165) is 26.6 Å². The maximum absolute atomic E-state index is 11.4. The first kappa shape index (κ1) is 19.1. The van der Waals surface area contributed by atoms with Crippen molar-refractivity contribution in [2.24, 2.45) is 0 Å². The van der Waals surface area contributed by atoms with Gasteiger partial charge < -0.3 is 0 Å². The number of carbonyl (C=O) groups is 1. The number of hydrogen-bond donors (Lipinski definition) is 0. The Bertz CT molecular complexity index is 436. The minimum atomic E-state index is 0.0480. The zero-order valence-corrected chi connectivity index (χ0v) is 15.8. The molecule has 0 bridgehead atoms. The highest BCUT2D eigenvalue weighted by molar-refractivity contribution is 8.15. The number of thioether (sulfide) groups is 3. The van der Waals surface area contributed by atoms with Gasteiger partial charge in [-0.2, -0.15) is 0 Å². The zero-order valence-electron chi connectivity index (χ0n) is 12.5. The molecule has 0 amide bonds. The summed E-state index contributed by atoms with van der Waals surface area (Å²) in [6, 6.07) is 0. The van der Waals surface area contributed by atoms with Crippen LogP contribution in [0.15, 0.2) is 21.3 Å². The van der Waals surface area contributed by atoms with E-state index in [0.29, 0.717) is 5.25 Å². The molecule has 1 rings (SSSR count). The van der Waals surface area contributed by atoms with Crippen molar-refractivity contribution in [3.63, 3.8) is 0 Å². The lowest BCUT2D eigenvalue weighted by atomic mass is 10.3. The van der Waals surface area contributed by atoms with Gasteiger partial charge in [0.15, 0.2) is 8.68 Å². The number of hydrogen-bond acceptors (Lipinski definition) is 7. The lowest BCUT2D eigenvalue weighted by molar-refractivity contribution is -0.107. The van der Waals surface area contributed by atoms with Crippen LogP contribution in [0, 0.1) is 0 Å². The van der Waals surface area contributed by atoms with E-state index >= 15 is 0 Å². The Morgan fingerprint density at radius 2 is 2.00 bits per heavy atom. The van der Waals surface area contributed by atoms with Gasteiger partial charge in [0, 0.05) is 16.8 Å². The Kier molecular flexibility index (Phi) is 10.5. The fraction of sp³-hybridized carbons (Fsp3) is 0.643. The summed E-state index contributed by atoms with van der Waals surface area (Å²) >= 11 is 6.51. The molecule has 1 heterocycles. The Morgan fingerprint density at radius 1 is 1.29 bits per heavy atom. The molecule has 0 fully saturated rings. The van der Waals surface area contributed by atoms with Crippen LogP contribution >= 0.6 is 46.6 Å². The Morgan fingerprint density at radius 3 is 2.62 bits per heavy atom. The lowest BCUT2D eigenvalue weighted by Gasteiger charge is -2.10. The first-order valence-electron chi connectivity index (χ1n) is 7.11. The minimum absolute atomic E-state index is 0.0480. The SMILES string of the molecule is C=CC(=O)SC(CC)CSc1nnc(SCCCCC)s1. The molecule has 118 valence electrons. The molecule has 0 aliphatic heterocycles. The average Bonchev–Trinajstić information content (AvgIpc) is 2.95. The maximum Gasteiger partial charge on any atom is 0.211 e. The summed E-state index contributed by atoms with van der Waals surface area (Å²) < 4.78 is 2.05. The first-order valence-corrected chi connectivity index (χ1v) is 10.8. The van der Waals surface area contributed by atoms with E-state index in [1.807, 2.05) is 0 Å². The van der Waals surface area contributed by atoms with E-state index in [2.05, 4.69) is 30.6 Å². The Balaban J connectivity index is 2.32. The van der Waals surface area contributed by atoms with E-state index in [-0.39, 0.29) is 5.12 Å². The average molecular weight is 363 g/mol. The van der Waals surface area contributed by atoms with Gasteiger partial charge in [-0.15, -0.1) is 10.2 Å². The molecule has 0 aromatic carbocycles. The monoisotopic (exact) mass is 362 g/mol. The molecule has 1 unspecified atom stereocenters. The molecule has 0 aliphatic carbocycles. The topological polar surface area (TPSA) is 42.9 Å². The van der Waals surface area contributed by atoms with Crippen LogP contribution < -0.4 is 0 Å². The number of nitrogens with zero attached hydrogens (tertiary/aromatic N) is 2. The van der Waals surface area contributed by atoms with Gasteiger partial charge in [-0.1, -0.05) is 79.9 Å². The van der Waals surface area contributed by atoms with Gasteiger partial charge >= 0.3 is 0 Å². The normalized spacial score (nSPS) is 12.3. The van der Waals surface area contributed by atoms with Gasteiger partial charge in [-0.3, -0.25) is 4.79 Å². The van der Waals surface area contributed by atoms with Crippen molar-refractivity contribution in [2.45, 2.75) is 53.5 Å². The van der Waals surface area contributed by atoms with Gasteiger partial charge in [-0.25, -0.2) is 0 Å². The van der Waals surface area contributed by atoms with Crippen molar-refractivity contribution < 1.29 is 4.79 Å². The standard InChI is InChI=1S/C14H22N2OS4/c1-4-7-8-9-18-13-15-16-14(21-13)19-10-11(5-2)20-12(17)6-3/h6,11H,3-5,7-10H2,1-2H3. The van der Waals surface area contributed by atoms with Crippen LogP contribution in [0.2, 0.25) is 0 Å². The molecule has 0 aliphatic rings. The lowest BCUT2D eigenvalue weighted by Crippen LogP contribution is -2.07. The van der Waals surface area contributed by atoms with Crippen LogP contribution in [0.5, 0.6) is 0 Å². The summed E-state index contributed by atoms with van der Waals surface area (Å²) in [5.74, 6) is 2.00. The molecule has 1 atom stereocenters. The Labute approximate surface area is 144 Å². The van der Waals surface area contributed by atoms with E-state index < -0.39 is 0 Å². The number of carbonyl (C=O) groups excluding carboxylic acids is 1. The largest absolute Gasteiger partial charge is 0.282 e. The first-order chi connectivity index (χ1) is 10.2. The van der Waals surface area contributed by atoms with E-state index in [9.17, 15) is 4.79 Å². The summed E-state index contributed by atoms with van der Waals surface area (Å²) in [6.07, 6.45) is 6.11. The molecule has 7 heteroatoms. The number of aromatic nitrogens is 2. The van der Waals surface area contributed by atoms with Crippen LogP contribution in [-0.4, -0.2) is 32.1 Å². The van der Waals surface area contributed by atoms with E-state index in [1.54, 1.807) is 34.9 Å². The van der Waals surface area contributed by atoms with Gasteiger partial charge in [0.25, 0.3) is 0 Å².